The van der Waals surface area contributed by atoms with Crippen LogP contribution in [0.5, 0.6) is 0 Å². The van der Waals surface area contributed by atoms with Crippen LogP contribution >= 0.6 is 0 Å². The average Bonchev–Trinajstić information content (AvgIpc) is 2.89. The number of anilines is 1. The van der Waals surface area contributed by atoms with Crippen LogP contribution in [0, 0.1) is 0 Å². The molecule has 4 nitrogen and oxygen atoms in total. The summed E-state index contributed by atoms with van der Waals surface area (Å²) in [6.45, 7) is 0.758. The van der Waals surface area contributed by atoms with Crippen molar-refractivity contribution in [1.82, 2.24) is 4.98 Å². The monoisotopic (exact) mass is 268 g/mol. The molecule has 1 aliphatic heterocycles. The highest BCUT2D eigenvalue weighted by Gasteiger charge is 2.32. The Balaban J connectivity index is 1.97. The summed E-state index contributed by atoms with van der Waals surface area (Å²) >= 11 is 0. The largest absolute Gasteiger partial charge is 0.481 e. The third-order valence-corrected chi connectivity index (χ3v) is 3.87. The summed E-state index contributed by atoms with van der Waals surface area (Å²) in [6, 6.07) is 11.9. The summed E-state index contributed by atoms with van der Waals surface area (Å²) in [6.07, 6.45) is 3.71. The van der Waals surface area contributed by atoms with E-state index in [1.54, 1.807) is 12.4 Å². The topological polar surface area (TPSA) is 62.2 Å². The Morgan fingerprint density at radius 2 is 2.15 bits per heavy atom. The number of hydrogen-bond donors (Lipinski definition) is 2. The van der Waals surface area contributed by atoms with Crippen LogP contribution in [0.1, 0.15) is 29.4 Å². The molecule has 0 fully saturated rings. The van der Waals surface area contributed by atoms with Gasteiger partial charge in [-0.25, -0.2) is 0 Å². The summed E-state index contributed by atoms with van der Waals surface area (Å²) in [7, 11) is 0. The first-order valence-electron chi connectivity index (χ1n) is 6.70. The molecule has 3 rings (SSSR count). The number of benzene rings is 1. The summed E-state index contributed by atoms with van der Waals surface area (Å²) in [5.74, 6) is -0.613. The lowest BCUT2D eigenvalue weighted by atomic mass is 9.81. The average molecular weight is 268 g/mol. The first-order chi connectivity index (χ1) is 9.75. The fourth-order valence-corrected chi connectivity index (χ4v) is 2.95. The Hall–Kier alpha value is -2.36. The lowest BCUT2D eigenvalue weighted by Crippen LogP contribution is -2.17. The van der Waals surface area contributed by atoms with Gasteiger partial charge < -0.3 is 10.4 Å². The number of carboxylic acids is 1. The van der Waals surface area contributed by atoms with E-state index in [0.717, 1.165) is 23.4 Å². The van der Waals surface area contributed by atoms with Crippen LogP contribution in [0.15, 0.2) is 48.8 Å². The van der Waals surface area contributed by atoms with Crippen molar-refractivity contribution in [2.75, 3.05) is 11.9 Å². The van der Waals surface area contributed by atoms with Crippen LogP contribution in [-0.4, -0.2) is 22.6 Å². The molecule has 0 saturated heterocycles. The van der Waals surface area contributed by atoms with Gasteiger partial charge in [0.05, 0.1) is 18.3 Å². The molecule has 20 heavy (non-hydrogen) atoms. The number of carboxylic acid groups (broad SMARTS) is 1. The molecular formula is C16H16N2O2. The second kappa shape index (κ2) is 5.33. The van der Waals surface area contributed by atoms with Gasteiger partial charge >= 0.3 is 5.97 Å². The first-order valence-corrected chi connectivity index (χ1v) is 6.70. The van der Waals surface area contributed by atoms with E-state index in [-0.39, 0.29) is 18.3 Å². The number of pyridine rings is 1. The minimum Gasteiger partial charge on any atom is -0.481 e. The van der Waals surface area contributed by atoms with Crippen LogP contribution in [-0.2, 0) is 4.79 Å². The van der Waals surface area contributed by atoms with Crippen LogP contribution < -0.4 is 5.32 Å². The van der Waals surface area contributed by atoms with Gasteiger partial charge in [-0.3, -0.25) is 9.78 Å². The molecule has 0 aliphatic carbocycles. The molecule has 0 saturated carbocycles. The van der Waals surface area contributed by atoms with Gasteiger partial charge in [0.1, 0.15) is 0 Å². The van der Waals surface area contributed by atoms with E-state index < -0.39 is 5.97 Å². The molecule has 1 aliphatic rings. The van der Waals surface area contributed by atoms with Gasteiger partial charge in [-0.1, -0.05) is 30.3 Å². The van der Waals surface area contributed by atoms with E-state index in [9.17, 15) is 9.90 Å². The molecule has 2 aromatic rings. The molecule has 2 atom stereocenters. The van der Waals surface area contributed by atoms with Gasteiger partial charge in [-0.2, -0.15) is 0 Å². The quantitative estimate of drug-likeness (QED) is 0.895. The number of nitrogens with zero attached hydrogens (tertiary/aromatic N) is 1. The molecule has 2 N–H and O–H groups in total. The molecule has 2 heterocycles. The van der Waals surface area contributed by atoms with E-state index in [1.807, 2.05) is 36.4 Å². The van der Waals surface area contributed by atoms with Crippen molar-refractivity contribution in [1.29, 1.82) is 0 Å². The second-order valence-corrected chi connectivity index (χ2v) is 5.07. The van der Waals surface area contributed by atoms with Gasteiger partial charge in [-0.15, -0.1) is 0 Å². The number of aliphatic carboxylic acids is 1. The van der Waals surface area contributed by atoms with E-state index in [0.29, 0.717) is 0 Å². The molecular weight excluding hydrogens is 252 g/mol. The zero-order valence-electron chi connectivity index (χ0n) is 11.0. The first kappa shape index (κ1) is 12.7. The Kier molecular flexibility index (Phi) is 3.37. The zero-order valence-corrected chi connectivity index (χ0v) is 11.0. The zero-order chi connectivity index (χ0) is 13.9. The highest BCUT2D eigenvalue weighted by atomic mass is 16.4. The Morgan fingerprint density at radius 3 is 2.90 bits per heavy atom. The summed E-state index contributed by atoms with van der Waals surface area (Å²) < 4.78 is 0. The number of rotatable bonds is 4. The maximum absolute atomic E-state index is 11.2. The molecule has 0 spiro atoms. The van der Waals surface area contributed by atoms with Gasteiger partial charge in [0, 0.05) is 24.6 Å². The van der Waals surface area contributed by atoms with Crippen molar-refractivity contribution >= 4 is 11.7 Å². The fraction of sp³-hybridized carbons (Fsp3) is 0.250. The Labute approximate surface area is 117 Å². The second-order valence-electron chi connectivity index (χ2n) is 5.07. The van der Waals surface area contributed by atoms with Gasteiger partial charge in [-0.05, 0) is 17.2 Å². The predicted molar refractivity (Wildman–Crippen MR) is 76.9 cm³/mol. The van der Waals surface area contributed by atoms with E-state index in [1.165, 1.54) is 0 Å². The van der Waals surface area contributed by atoms with Crippen LogP contribution in [0.4, 0.5) is 5.69 Å². The normalized spacial score (nSPS) is 18.1. The van der Waals surface area contributed by atoms with E-state index in [4.69, 9.17) is 0 Å². The summed E-state index contributed by atoms with van der Waals surface area (Å²) in [5.41, 5.74) is 3.25. The number of hydrogen-bond acceptors (Lipinski definition) is 3. The minimum absolute atomic E-state index is 0.0233. The molecule has 0 amide bonds. The summed E-state index contributed by atoms with van der Waals surface area (Å²) in [4.78, 5) is 15.3. The highest BCUT2D eigenvalue weighted by molar-refractivity contribution is 5.69. The predicted octanol–water partition coefficient (Wildman–Crippen LogP) is 2.85. The van der Waals surface area contributed by atoms with Crippen molar-refractivity contribution in [2.45, 2.75) is 18.3 Å². The number of nitrogens with one attached hydrogen (secondary N) is 1. The van der Waals surface area contributed by atoms with E-state index >= 15 is 0 Å². The van der Waals surface area contributed by atoms with Gasteiger partial charge in [0.2, 0.25) is 0 Å². The maximum atomic E-state index is 11.2. The molecule has 0 radical (unpaired) electrons. The van der Waals surface area contributed by atoms with Gasteiger partial charge in [0.15, 0.2) is 0 Å². The third-order valence-electron chi connectivity index (χ3n) is 3.87. The van der Waals surface area contributed by atoms with Crippen molar-refractivity contribution in [3.63, 3.8) is 0 Å². The van der Waals surface area contributed by atoms with Gasteiger partial charge in [0.25, 0.3) is 0 Å². The third kappa shape index (κ3) is 2.37. The molecule has 0 bridgehead atoms. The van der Waals surface area contributed by atoms with E-state index in [2.05, 4.69) is 10.3 Å². The fourth-order valence-electron chi connectivity index (χ4n) is 2.95. The van der Waals surface area contributed by atoms with Crippen LogP contribution in [0.3, 0.4) is 0 Å². The SMILES string of the molecule is O=C(O)CC(c1ccccc1)C1CNc2cnccc21. The molecule has 1 aromatic heterocycles. The van der Waals surface area contributed by atoms with Crippen molar-refractivity contribution in [2.24, 2.45) is 0 Å². The molecule has 2 unspecified atom stereocenters. The van der Waals surface area contributed by atoms with Crippen LogP contribution in [0.2, 0.25) is 0 Å². The lowest BCUT2D eigenvalue weighted by molar-refractivity contribution is -0.137. The minimum atomic E-state index is -0.763. The highest BCUT2D eigenvalue weighted by Crippen LogP contribution is 2.42. The molecule has 1 aromatic carbocycles. The smallest absolute Gasteiger partial charge is 0.303 e. The number of fused-ring (bicyclic) bond motifs is 1. The van der Waals surface area contributed by atoms with Crippen molar-refractivity contribution in [3.8, 4) is 0 Å². The Bertz CT molecular complexity index is 613. The van der Waals surface area contributed by atoms with Crippen molar-refractivity contribution in [3.05, 3.63) is 59.9 Å². The number of aromatic nitrogens is 1. The number of carbonyl (C=O) groups is 1. The van der Waals surface area contributed by atoms with Crippen LogP contribution in [0.25, 0.3) is 0 Å². The molecule has 102 valence electrons. The Morgan fingerprint density at radius 1 is 1.35 bits per heavy atom. The maximum Gasteiger partial charge on any atom is 0.303 e. The molecule has 4 heteroatoms. The lowest BCUT2D eigenvalue weighted by Gasteiger charge is -2.22. The van der Waals surface area contributed by atoms with Crippen molar-refractivity contribution < 1.29 is 9.90 Å². The summed E-state index contributed by atoms with van der Waals surface area (Å²) in [5, 5.41) is 12.5. The standard InChI is InChI=1S/C16H16N2O2/c19-16(20)8-13(11-4-2-1-3-5-11)14-9-18-15-10-17-7-6-12(14)15/h1-7,10,13-14,18H,8-9H2,(H,19,20).